The molecule has 2 N–H and O–H groups in total. The lowest BCUT2D eigenvalue weighted by Gasteiger charge is -2.11. The minimum atomic E-state index is 0.0624. The number of phenolic OH excluding ortho intramolecular Hbond substituents is 2. The van der Waals surface area contributed by atoms with E-state index < -0.39 is 0 Å². The molecule has 0 fully saturated rings. The van der Waals surface area contributed by atoms with Gasteiger partial charge in [0.25, 0.3) is 0 Å². The number of ether oxygens (including phenoxy) is 1. The molecule has 24 heavy (non-hydrogen) atoms. The largest absolute Gasteiger partial charge is 0.507 e. The second kappa shape index (κ2) is 6.87. The molecule has 3 aromatic carbocycles. The predicted octanol–water partition coefficient (Wildman–Crippen LogP) is 4.28. The number of methoxy groups -OCH3 is 1. The summed E-state index contributed by atoms with van der Waals surface area (Å²) in [5.41, 5.74) is 2.40. The summed E-state index contributed by atoms with van der Waals surface area (Å²) in [6.45, 7) is 0. The van der Waals surface area contributed by atoms with Gasteiger partial charge in [0.15, 0.2) is 0 Å². The fourth-order valence-corrected chi connectivity index (χ4v) is 2.39. The smallest absolute Gasteiger partial charge is 0.141 e. The van der Waals surface area contributed by atoms with Crippen LogP contribution in [-0.4, -0.2) is 23.0 Å². The Morgan fingerprint density at radius 1 is 0.833 bits per heavy atom. The van der Waals surface area contributed by atoms with Crippen LogP contribution in [0.5, 0.6) is 17.2 Å². The Bertz CT molecular complexity index is 873. The van der Waals surface area contributed by atoms with Crippen LogP contribution in [0.4, 0.5) is 5.69 Å². The fourth-order valence-electron chi connectivity index (χ4n) is 2.39. The molecule has 0 saturated heterocycles. The highest BCUT2D eigenvalue weighted by atomic mass is 16.5. The van der Waals surface area contributed by atoms with Gasteiger partial charge in [0.05, 0.1) is 12.8 Å². The number of aliphatic imine (C=N–C) groups is 1. The third-order valence-electron chi connectivity index (χ3n) is 3.62. The molecular weight excluding hydrogens is 302 g/mol. The number of para-hydroxylation sites is 2. The topological polar surface area (TPSA) is 62.0 Å². The minimum Gasteiger partial charge on any atom is -0.507 e. The first-order valence-electron chi connectivity index (χ1n) is 7.48. The average molecular weight is 319 g/mol. The van der Waals surface area contributed by atoms with Crippen LogP contribution in [0.25, 0.3) is 0 Å². The van der Waals surface area contributed by atoms with E-state index in [1.807, 2.05) is 30.3 Å². The van der Waals surface area contributed by atoms with Gasteiger partial charge in [0.1, 0.15) is 22.9 Å². The molecule has 0 aliphatic carbocycles. The Labute approximate surface area is 140 Å². The van der Waals surface area contributed by atoms with Gasteiger partial charge in [-0.25, -0.2) is 4.99 Å². The highest BCUT2D eigenvalue weighted by Gasteiger charge is 2.13. The van der Waals surface area contributed by atoms with Gasteiger partial charge in [-0.15, -0.1) is 0 Å². The molecule has 3 rings (SSSR count). The first kappa shape index (κ1) is 15.6. The number of hydrogen-bond acceptors (Lipinski definition) is 4. The Morgan fingerprint density at radius 3 is 2.21 bits per heavy atom. The van der Waals surface area contributed by atoms with Crippen LogP contribution in [0.2, 0.25) is 0 Å². The molecule has 0 radical (unpaired) electrons. The molecule has 0 spiro atoms. The number of phenols is 2. The van der Waals surface area contributed by atoms with Gasteiger partial charge in [-0.3, -0.25) is 0 Å². The van der Waals surface area contributed by atoms with Gasteiger partial charge >= 0.3 is 0 Å². The zero-order valence-electron chi connectivity index (χ0n) is 13.2. The van der Waals surface area contributed by atoms with E-state index in [1.54, 1.807) is 49.6 Å². The molecule has 3 aromatic rings. The van der Waals surface area contributed by atoms with Crippen molar-refractivity contribution in [1.82, 2.24) is 0 Å². The van der Waals surface area contributed by atoms with Gasteiger partial charge in [-0.1, -0.05) is 42.5 Å². The number of nitrogens with zero attached hydrogens (tertiary/aromatic N) is 1. The van der Waals surface area contributed by atoms with Gasteiger partial charge in [0, 0.05) is 17.2 Å². The van der Waals surface area contributed by atoms with Crippen molar-refractivity contribution < 1.29 is 14.9 Å². The van der Waals surface area contributed by atoms with E-state index in [4.69, 9.17) is 4.74 Å². The van der Waals surface area contributed by atoms with Crippen LogP contribution in [-0.2, 0) is 0 Å². The summed E-state index contributed by atoms with van der Waals surface area (Å²) >= 11 is 0. The molecule has 0 aliphatic heterocycles. The van der Waals surface area contributed by atoms with E-state index in [9.17, 15) is 10.2 Å². The van der Waals surface area contributed by atoms with Crippen molar-refractivity contribution in [3.8, 4) is 17.2 Å². The number of rotatable bonds is 4. The molecular formula is C20H17NO3. The zero-order chi connectivity index (χ0) is 16.9. The van der Waals surface area contributed by atoms with E-state index in [0.717, 1.165) is 5.56 Å². The molecule has 0 atom stereocenters. The predicted molar refractivity (Wildman–Crippen MR) is 94.5 cm³/mol. The van der Waals surface area contributed by atoms with E-state index in [2.05, 4.69) is 4.99 Å². The lowest BCUT2D eigenvalue weighted by atomic mass is 10.0. The van der Waals surface area contributed by atoms with E-state index in [-0.39, 0.29) is 11.5 Å². The van der Waals surface area contributed by atoms with Crippen molar-refractivity contribution in [2.75, 3.05) is 7.11 Å². The Hall–Kier alpha value is -3.27. The monoisotopic (exact) mass is 319 g/mol. The molecule has 0 aromatic heterocycles. The van der Waals surface area contributed by atoms with Crippen molar-refractivity contribution in [1.29, 1.82) is 0 Å². The average Bonchev–Trinajstić information content (AvgIpc) is 2.62. The van der Waals surface area contributed by atoms with Crippen LogP contribution in [0, 0.1) is 0 Å². The van der Waals surface area contributed by atoms with Crippen molar-refractivity contribution >= 4 is 11.4 Å². The van der Waals surface area contributed by atoms with Crippen molar-refractivity contribution in [3.05, 3.63) is 83.9 Å². The Balaban J connectivity index is 2.19. The lowest BCUT2D eigenvalue weighted by molar-refractivity contribution is 0.407. The van der Waals surface area contributed by atoms with Gasteiger partial charge in [0.2, 0.25) is 0 Å². The third-order valence-corrected chi connectivity index (χ3v) is 3.62. The lowest BCUT2D eigenvalue weighted by Crippen LogP contribution is -2.03. The minimum absolute atomic E-state index is 0.0624. The summed E-state index contributed by atoms with van der Waals surface area (Å²) in [6.07, 6.45) is 0. The molecule has 0 heterocycles. The van der Waals surface area contributed by atoms with Gasteiger partial charge in [-0.2, -0.15) is 0 Å². The maximum absolute atomic E-state index is 10.4. The van der Waals surface area contributed by atoms with Crippen LogP contribution < -0.4 is 4.74 Å². The van der Waals surface area contributed by atoms with Crippen LogP contribution in [0.1, 0.15) is 11.1 Å². The summed E-state index contributed by atoms with van der Waals surface area (Å²) in [4.78, 5) is 4.58. The molecule has 0 aliphatic rings. The molecule has 4 heteroatoms. The third kappa shape index (κ3) is 3.22. The second-order valence-corrected chi connectivity index (χ2v) is 5.20. The maximum atomic E-state index is 10.4. The number of benzene rings is 3. The normalized spacial score (nSPS) is 11.3. The molecule has 4 nitrogen and oxygen atoms in total. The zero-order valence-corrected chi connectivity index (χ0v) is 13.2. The molecule has 0 bridgehead atoms. The Morgan fingerprint density at radius 2 is 1.54 bits per heavy atom. The molecule has 0 amide bonds. The molecule has 0 unspecified atom stereocenters. The van der Waals surface area contributed by atoms with Crippen LogP contribution >= 0.6 is 0 Å². The van der Waals surface area contributed by atoms with E-state index in [1.165, 1.54) is 0 Å². The second-order valence-electron chi connectivity index (χ2n) is 5.20. The first-order valence-corrected chi connectivity index (χ1v) is 7.48. The summed E-state index contributed by atoms with van der Waals surface area (Å²) in [6, 6.07) is 21.4. The van der Waals surface area contributed by atoms with Gasteiger partial charge in [-0.05, 0) is 24.3 Å². The summed E-state index contributed by atoms with van der Waals surface area (Å²) < 4.78 is 5.13. The van der Waals surface area contributed by atoms with E-state index >= 15 is 0 Å². The standard InChI is InChI=1S/C20H17NO3/c1-24-15-11-12-16(19(23)13-15)20(14-7-3-2-4-8-14)21-17-9-5-6-10-18(17)22/h2-13,22-23H,1H3. The van der Waals surface area contributed by atoms with Crippen LogP contribution in [0.15, 0.2) is 77.8 Å². The van der Waals surface area contributed by atoms with Crippen molar-refractivity contribution in [2.45, 2.75) is 0 Å². The quantitative estimate of drug-likeness (QED) is 0.706. The summed E-state index contributed by atoms with van der Waals surface area (Å²) in [7, 11) is 1.54. The van der Waals surface area contributed by atoms with Crippen molar-refractivity contribution in [3.63, 3.8) is 0 Å². The molecule has 0 saturated carbocycles. The summed E-state index contributed by atoms with van der Waals surface area (Å²) in [5, 5.41) is 20.4. The van der Waals surface area contributed by atoms with E-state index in [0.29, 0.717) is 22.7 Å². The number of aromatic hydroxyl groups is 2. The highest BCUT2D eigenvalue weighted by Crippen LogP contribution is 2.31. The summed E-state index contributed by atoms with van der Waals surface area (Å²) in [5.74, 6) is 0.706. The number of hydrogen-bond donors (Lipinski definition) is 2. The molecule has 120 valence electrons. The highest BCUT2D eigenvalue weighted by molar-refractivity contribution is 6.15. The first-order chi connectivity index (χ1) is 11.7. The fraction of sp³-hybridized carbons (Fsp3) is 0.0500. The van der Waals surface area contributed by atoms with Crippen LogP contribution in [0.3, 0.4) is 0 Å². The van der Waals surface area contributed by atoms with Crippen molar-refractivity contribution in [2.24, 2.45) is 4.99 Å². The maximum Gasteiger partial charge on any atom is 0.141 e. The SMILES string of the molecule is COc1ccc(C(=Nc2ccccc2O)c2ccccc2)c(O)c1. The van der Waals surface area contributed by atoms with Gasteiger partial charge < -0.3 is 14.9 Å². The Kier molecular flexibility index (Phi) is 4.47.